The number of piperazine rings is 1. The highest BCUT2D eigenvalue weighted by atomic mass is 32.2. The van der Waals surface area contributed by atoms with Gasteiger partial charge < -0.3 is 0 Å². The zero-order valence-electron chi connectivity index (χ0n) is 11.5. The first kappa shape index (κ1) is 14.9. The summed E-state index contributed by atoms with van der Waals surface area (Å²) in [7, 11) is -2.88. The molecule has 4 nitrogen and oxygen atoms in total. The molecule has 102 valence electrons. The van der Waals surface area contributed by atoms with Gasteiger partial charge in [0.05, 0.1) is 11.0 Å². The van der Waals surface area contributed by atoms with Crippen LogP contribution in [0.25, 0.3) is 0 Å². The van der Waals surface area contributed by atoms with Crippen molar-refractivity contribution in [2.24, 2.45) is 0 Å². The Kier molecular flexibility index (Phi) is 5.41. The van der Waals surface area contributed by atoms with Gasteiger partial charge in [0.1, 0.15) is 0 Å². The Morgan fingerprint density at radius 2 is 1.53 bits per heavy atom. The van der Waals surface area contributed by atoms with E-state index in [-0.39, 0.29) is 5.25 Å². The fraction of sp³-hybridized carbons (Fsp3) is 1.00. The van der Waals surface area contributed by atoms with Crippen LogP contribution in [-0.2, 0) is 9.84 Å². The van der Waals surface area contributed by atoms with Crippen LogP contribution in [0.15, 0.2) is 0 Å². The van der Waals surface area contributed by atoms with Crippen LogP contribution in [-0.4, -0.2) is 68.0 Å². The highest BCUT2D eigenvalue weighted by Crippen LogP contribution is 2.07. The Labute approximate surface area is 106 Å². The van der Waals surface area contributed by atoms with E-state index in [0.717, 1.165) is 26.2 Å². The van der Waals surface area contributed by atoms with Gasteiger partial charge in [-0.15, -0.1) is 0 Å². The van der Waals surface area contributed by atoms with Gasteiger partial charge in [0.25, 0.3) is 0 Å². The van der Waals surface area contributed by atoms with Crippen molar-refractivity contribution in [2.75, 3.05) is 38.5 Å². The normalized spacial score (nSPS) is 20.4. The Morgan fingerprint density at radius 3 is 1.94 bits per heavy atom. The molecule has 0 aromatic rings. The van der Waals surface area contributed by atoms with E-state index in [1.54, 1.807) is 13.8 Å². The van der Waals surface area contributed by atoms with E-state index < -0.39 is 9.84 Å². The van der Waals surface area contributed by atoms with E-state index in [9.17, 15) is 8.42 Å². The molecule has 0 atom stereocenters. The van der Waals surface area contributed by atoms with Gasteiger partial charge in [0.2, 0.25) is 0 Å². The largest absolute Gasteiger partial charge is 0.300 e. The number of hydrogen-bond donors (Lipinski definition) is 0. The molecule has 1 aliphatic heterocycles. The topological polar surface area (TPSA) is 40.6 Å². The van der Waals surface area contributed by atoms with E-state index in [4.69, 9.17) is 0 Å². The Hall–Kier alpha value is -0.130. The fourth-order valence-electron chi connectivity index (χ4n) is 2.00. The molecule has 5 heteroatoms. The van der Waals surface area contributed by atoms with Gasteiger partial charge in [-0.05, 0) is 27.7 Å². The summed E-state index contributed by atoms with van der Waals surface area (Å²) in [5.41, 5.74) is 0. The third kappa shape index (κ3) is 4.56. The zero-order chi connectivity index (χ0) is 13.1. The number of sulfone groups is 1. The molecule has 0 amide bonds. The van der Waals surface area contributed by atoms with Crippen molar-refractivity contribution in [3.8, 4) is 0 Å². The van der Waals surface area contributed by atoms with Gasteiger partial charge in [-0.1, -0.05) is 0 Å². The summed E-state index contributed by atoms with van der Waals surface area (Å²) in [6.45, 7) is 12.7. The maximum Gasteiger partial charge on any atom is 0.153 e. The molecule has 0 saturated carbocycles. The van der Waals surface area contributed by atoms with Gasteiger partial charge in [0.15, 0.2) is 9.84 Å². The molecule has 1 saturated heterocycles. The third-order valence-electron chi connectivity index (χ3n) is 3.55. The Bertz CT molecular complexity index is 317. The maximum atomic E-state index is 11.7. The van der Waals surface area contributed by atoms with Crippen molar-refractivity contribution in [1.82, 2.24) is 9.80 Å². The van der Waals surface area contributed by atoms with Crippen LogP contribution in [0.5, 0.6) is 0 Å². The summed E-state index contributed by atoms with van der Waals surface area (Å²) in [6.07, 6.45) is 0. The van der Waals surface area contributed by atoms with E-state index >= 15 is 0 Å². The summed E-state index contributed by atoms with van der Waals surface area (Å²) in [5, 5.41) is -0.251. The Morgan fingerprint density at radius 1 is 1.00 bits per heavy atom. The lowest BCUT2D eigenvalue weighted by atomic mass is 10.2. The van der Waals surface area contributed by atoms with Crippen LogP contribution in [0.3, 0.4) is 0 Å². The lowest BCUT2D eigenvalue weighted by molar-refractivity contribution is 0.113. The predicted octanol–water partition coefficient (Wildman–Crippen LogP) is 0.836. The van der Waals surface area contributed by atoms with Crippen LogP contribution in [0.4, 0.5) is 0 Å². The molecule has 0 spiro atoms. The summed E-state index contributed by atoms with van der Waals surface area (Å²) < 4.78 is 23.4. The number of rotatable bonds is 5. The van der Waals surface area contributed by atoms with Crippen LogP contribution in [0, 0.1) is 0 Å². The van der Waals surface area contributed by atoms with Crippen molar-refractivity contribution in [2.45, 2.75) is 39.0 Å². The molecule has 0 N–H and O–H groups in total. The van der Waals surface area contributed by atoms with Crippen LogP contribution in [0.2, 0.25) is 0 Å². The highest BCUT2D eigenvalue weighted by Gasteiger charge is 2.21. The SMILES string of the molecule is CC(C)N1CCN(CCS(=O)(=O)C(C)C)CC1. The molecular formula is C12H26N2O2S. The number of nitrogens with zero attached hydrogens (tertiary/aromatic N) is 2. The molecule has 1 aliphatic rings. The number of hydrogen-bond acceptors (Lipinski definition) is 4. The van der Waals surface area contributed by atoms with Gasteiger partial charge in [-0.2, -0.15) is 0 Å². The van der Waals surface area contributed by atoms with Crippen molar-refractivity contribution in [1.29, 1.82) is 0 Å². The van der Waals surface area contributed by atoms with E-state index in [1.807, 2.05) is 0 Å². The molecule has 1 rings (SSSR count). The van der Waals surface area contributed by atoms with Crippen molar-refractivity contribution in [3.63, 3.8) is 0 Å². The van der Waals surface area contributed by atoms with Gasteiger partial charge in [-0.3, -0.25) is 9.80 Å². The van der Waals surface area contributed by atoms with Gasteiger partial charge in [0, 0.05) is 38.8 Å². The maximum absolute atomic E-state index is 11.7. The fourth-order valence-corrected chi connectivity index (χ4v) is 2.98. The van der Waals surface area contributed by atoms with Crippen LogP contribution >= 0.6 is 0 Å². The molecule has 0 aromatic carbocycles. The van der Waals surface area contributed by atoms with Crippen molar-refractivity contribution >= 4 is 9.84 Å². The van der Waals surface area contributed by atoms with Crippen molar-refractivity contribution < 1.29 is 8.42 Å². The van der Waals surface area contributed by atoms with Gasteiger partial charge >= 0.3 is 0 Å². The van der Waals surface area contributed by atoms with Gasteiger partial charge in [-0.25, -0.2) is 8.42 Å². The molecule has 0 bridgehead atoms. The first-order valence-corrected chi connectivity index (χ1v) is 8.22. The summed E-state index contributed by atoms with van der Waals surface area (Å²) in [4.78, 5) is 4.70. The molecule has 0 aromatic heterocycles. The average Bonchev–Trinajstić information content (AvgIpc) is 2.27. The van der Waals surface area contributed by atoms with E-state index in [2.05, 4.69) is 23.6 Å². The second kappa shape index (κ2) is 6.16. The second-order valence-electron chi connectivity index (χ2n) is 5.39. The summed E-state index contributed by atoms with van der Waals surface area (Å²) in [5.74, 6) is 0.298. The van der Waals surface area contributed by atoms with Crippen LogP contribution < -0.4 is 0 Å². The minimum Gasteiger partial charge on any atom is -0.300 e. The first-order chi connectivity index (χ1) is 7.83. The lowest BCUT2D eigenvalue weighted by Crippen LogP contribution is -2.49. The quantitative estimate of drug-likeness (QED) is 0.736. The lowest BCUT2D eigenvalue weighted by Gasteiger charge is -2.36. The minimum absolute atomic E-state index is 0.251. The predicted molar refractivity (Wildman–Crippen MR) is 72.1 cm³/mol. The van der Waals surface area contributed by atoms with Crippen LogP contribution in [0.1, 0.15) is 27.7 Å². The molecular weight excluding hydrogens is 236 g/mol. The van der Waals surface area contributed by atoms with Crippen molar-refractivity contribution in [3.05, 3.63) is 0 Å². The van der Waals surface area contributed by atoms with E-state index in [1.165, 1.54) is 0 Å². The Balaban J connectivity index is 2.32. The minimum atomic E-state index is -2.88. The molecule has 1 fully saturated rings. The first-order valence-electron chi connectivity index (χ1n) is 6.51. The summed E-state index contributed by atoms with van der Waals surface area (Å²) >= 11 is 0. The molecule has 17 heavy (non-hydrogen) atoms. The molecule has 0 radical (unpaired) electrons. The molecule has 1 heterocycles. The second-order valence-corrected chi connectivity index (χ2v) is 8.06. The smallest absolute Gasteiger partial charge is 0.153 e. The van der Waals surface area contributed by atoms with E-state index in [0.29, 0.717) is 18.3 Å². The molecule has 0 unspecified atom stereocenters. The highest BCUT2D eigenvalue weighted by molar-refractivity contribution is 7.92. The third-order valence-corrected chi connectivity index (χ3v) is 5.74. The monoisotopic (exact) mass is 262 g/mol. The zero-order valence-corrected chi connectivity index (χ0v) is 12.3. The average molecular weight is 262 g/mol. The molecule has 0 aliphatic carbocycles. The standard InChI is InChI=1S/C12H26N2O2S/c1-11(2)14-7-5-13(6-8-14)9-10-17(15,16)12(3)4/h11-12H,5-10H2,1-4H3. The summed E-state index contributed by atoms with van der Waals surface area (Å²) in [6, 6.07) is 0.594.